The Bertz CT molecular complexity index is 431. The van der Waals surface area contributed by atoms with Gasteiger partial charge in [-0.05, 0) is 24.1 Å². The minimum atomic E-state index is 0.255. The van der Waals surface area contributed by atoms with Crippen LogP contribution in [0.4, 0.5) is 0 Å². The van der Waals surface area contributed by atoms with Gasteiger partial charge in [-0.25, -0.2) is 0 Å². The highest BCUT2D eigenvalue weighted by Gasteiger charge is 2.44. The van der Waals surface area contributed by atoms with Crippen LogP contribution in [0, 0.1) is 0 Å². The molecule has 1 aromatic rings. The molecule has 2 atom stereocenters. The molecule has 4 rings (SSSR count). The Morgan fingerprint density at radius 3 is 3.00 bits per heavy atom. The molecule has 0 aromatic heterocycles. The largest absolute Gasteiger partial charge is 0.336 e. The number of benzene rings is 1. The smallest absolute Gasteiger partial charge is 0.236 e. The quantitative estimate of drug-likeness (QED) is 0.836. The Morgan fingerprint density at radius 1 is 1.50 bits per heavy atom. The number of piperidine rings is 1. The van der Waals surface area contributed by atoms with Crippen LogP contribution in [0.1, 0.15) is 12.0 Å². The van der Waals surface area contributed by atoms with E-state index in [1.54, 1.807) is 0 Å². The van der Waals surface area contributed by atoms with Crippen molar-refractivity contribution < 1.29 is 4.79 Å². The lowest BCUT2D eigenvalue weighted by Crippen LogP contribution is -2.54. The van der Waals surface area contributed by atoms with E-state index in [1.807, 2.05) is 28.8 Å². The van der Waals surface area contributed by atoms with Gasteiger partial charge in [0.2, 0.25) is 5.91 Å². The van der Waals surface area contributed by atoms with Crippen LogP contribution in [0.15, 0.2) is 28.7 Å². The van der Waals surface area contributed by atoms with Crippen molar-refractivity contribution in [3.8, 4) is 0 Å². The van der Waals surface area contributed by atoms with Crippen LogP contribution in [0.2, 0.25) is 0 Å². The average Bonchev–Trinajstić information content (AvgIpc) is 2.19. The molecule has 2 bridgehead atoms. The van der Waals surface area contributed by atoms with Gasteiger partial charge in [-0.3, -0.25) is 4.79 Å². The fourth-order valence-corrected chi connectivity index (χ4v) is 4.01. The number of thioether (sulfide) groups is 1. The van der Waals surface area contributed by atoms with Gasteiger partial charge in [0, 0.05) is 22.8 Å². The maximum absolute atomic E-state index is 11.9. The number of rotatable bonds is 2. The molecule has 3 saturated heterocycles. The molecule has 3 aliphatic rings. The summed E-state index contributed by atoms with van der Waals surface area (Å²) in [7, 11) is 0. The predicted molar refractivity (Wildman–Crippen MR) is 69.3 cm³/mol. The Morgan fingerprint density at radius 2 is 2.31 bits per heavy atom. The van der Waals surface area contributed by atoms with E-state index >= 15 is 0 Å². The number of hydrogen-bond acceptors (Lipinski definition) is 2. The van der Waals surface area contributed by atoms with Crippen molar-refractivity contribution in [2.75, 3.05) is 6.54 Å². The fourth-order valence-electron chi connectivity index (χ4n) is 2.27. The number of fused-ring (bicyclic) bond motifs is 2. The number of hydrogen-bond donors (Lipinski definition) is 0. The second-order valence-corrected chi connectivity index (χ2v) is 6.75. The standard InChI is InChI=1S/C12H12BrNOS/c13-9-3-1-2-8(4-9)6-14-7-10-5-11(16-10)12(14)15/h1-4,10-11H,5-7H2. The van der Waals surface area contributed by atoms with Gasteiger partial charge in [-0.1, -0.05) is 28.1 Å². The lowest BCUT2D eigenvalue weighted by Gasteiger charge is -2.45. The van der Waals surface area contributed by atoms with Crippen molar-refractivity contribution >= 4 is 33.6 Å². The first-order valence-electron chi connectivity index (χ1n) is 5.41. The van der Waals surface area contributed by atoms with Gasteiger partial charge in [0.1, 0.15) is 0 Å². The summed E-state index contributed by atoms with van der Waals surface area (Å²) in [5.74, 6) is 0.326. The van der Waals surface area contributed by atoms with E-state index in [4.69, 9.17) is 0 Å². The predicted octanol–water partition coefficient (Wildman–Crippen LogP) is 2.67. The van der Waals surface area contributed by atoms with Gasteiger partial charge in [-0.2, -0.15) is 0 Å². The van der Waals surface area contributed by atoms with E-state index < -0.39 is 0 Å². The maximum Gasteiger partial charge on any atom is 0.236 e. The van der Waals surface area contributed by atoms with Crippen LogP contribution in [-0.2, 0) is 11.3 Å². The van der Waals surface area contributed by atoms with Gasteiger partial charge in [-0.15, -0.1) is 11.8 Å². The molecule has 0 saturated carbocycles. The summed E-state index contributed by atoms with van der Waals surface area (Å²) < 4.78 is 1.08. The lowest BCUT2D eigenvalue weighted by atomic mass is 10.1. The van der Waals surface area contributed by atoms with Crippen LogP contribution < -0.4 is 0 Å². The van der Waals surface area contributed by atoms with Gasteiger partial charge < -0.3 is 4.90 Å². The minimum Gasteiger partial charge on any atom is -0.336 e. The molecule has 1 aromatic carbocycles. The molecule has 0 spiro atoms. The SMILES string of the molecule is O=C1C2CC(CN1Cc1cccc(Br)c1)S2. The van der Waals surface area contributed by atoms with Crippen molar-refractivity contribution in [1.82, 2.24) is 4.90 Å². The molecule has 3 aliphatic heterocycles. The zero-order chi connectivity index (χ0) is 11.1. The fraction of sp³-hybridized carbons (Fsp3) is 0.417. The third-order valence-electron chi connectivity index (χ3n) is 3.11. The molecular weight excluding hydrogens is 286 g/mol. The summed E-state index contributed by atoms with van der Waals surface area (Å²) in [6, 6.07) is 8.18. The number of amides is 1. The third kappa shape index (κ3) is 1.89. The molecule has 2 unspecified atom stereocenters. The molecule has 0 radical (unpaired) electrons. The first-order valence-corrected chi connectivity index (χ1v) is 7.14. The van der Waals surface area contributed by atoms with Crippen LogP contribution in [0.3, 0.4) is 0 Å². The van der Waals surface area contributed by atoms with E-state index in [0.717, 1.165) is 24.0 Å². The normalized spacial score (nSPS) is 27.8. The van der Waals surface area contributed by atoms with Gasteiger partial charge in [0.15, 0.2) is 0 Å². The van der Waals surface area contributed by atoms with Crippen LogP contribution >= 0.6 is 27.7 Å². The third-order valence-corrected chi connectivity index (χ3v) is 5.05. The van der Waals surface area contributed by atoms with Crippen molar-refractivity contribution in [1.29, 1.82) is 0 Å². The topological polar surface area (TPSA) is 20.3 Å². The van der Waals surface area contributed by atoms with E-state index in [1.165, 1.54) is 5.56 Å². The van der Waals surface area contributed by atoms with E-state index in [2.05, 4.69) is 28.1 Å². The Labute approximate surface area is 108 Å². The van der Waals surface area contributed by atoms with E-state index in [-0.39, 0.29) is 5.25 Å². The number of carbonyl (C=O) groups is 1. The van der Waals surface area contributed by atoms with Crippen LogP contribution in [0.25, 0.3) is 0 Å². The lowest BCUT2D eigenvalue weighted by molar-refractivity contribution is -0.134. The average molecular weight is 298 g/mol. The van der Waals surface area contributed by atoms with Crippen molar-refractivity contribution in [3.05, 3.63) is 34.3 Å². The Kier molecular flexibility index (Phi) is 2.72. The summed E-state index contributed by atoms with van der Waals surface area (Å²) in [5, 5.41) is 0.945. The molecule has 2 nitrogen and oxygen atoms in total. The zero-order valence-corrected chi connectivity index (χ0v) is 11.1. The monoisotopic (exact) mass is 297 g/mol. The molecule has 0 aliphatic carbocycles. The van der Waals surface area contributed by atoms with Crippen LogP contribution in [0.5, 0.6) is 0 Å². The molecule has 3 fully saturated rings. The second kappa shape index (κ2) is 4.08. The summed E-state index contributed by atoms with van der Waals surface area (Å²) in [4.78, 5) is 13.9. The minimum absolute atomic E-state index is 0.255. The highest BCUT2D eigenvalue weighted by atomic mass is 79.9. The Balaban J connectivity index is 1.73. The number of halogens is 1. The van der Waals surface area contributed by atoms with Crippen molar-refractivity contribution in [2.45, 2.75) is 23.5 Å². The van der Waals surface area contributed by atoms with Crippen molar-refractivity contribution in [3.63, 3.8) is 0 Å². The maximum atomic E-state index is 11.9. The number of carbonyl (C=O) groups excluding carboxylic acids is 1. The molecule has 1 amide bonds. The molecule has 84 valence electrons. The molecule has 16 heavy (non-hydrogen) atoms. The summed E-state index contributed by atoms with van der Waals surface area (Å²) in [6.45, 7) is 1.68. The second-order valence-electron chi connectivity index (χ2n) is 4.33. The molecule has 4 heteroatoms. The first-order chi connectivity index (χ1) is 7.72. The summed E-state index contributed by atoms with van der Waals surface area (Å²) >= 11 is 5.30. The summed E-state index contributed by atoms with van der Waals surface area (Å²) in [5.41, 5.74) is 1.20. The van der Waals surface area contributed by atoms with E-state index in [9.17, 15) is 4.79 Å². The first kappa shape index (κ1) is 10.7. The van der Waals surface area contributed by atoms with Gasteiger partial charge in [0.25, 0.3) is 0 Å². The number of nitrogens with zero attached hydrogens (tertiary/aromatic N) is 1. The van der Waals surface area contributed by atoms with Gasteiger partial charge >= 0.3 is 0 Å². The van der Waals surface area contributed by atoms with Crippen LogP contribution in [-0.4, -0.2) is 27.9 Å². The van der Waals surface area contributed by atoms with Crippen molar-refractivity contribution in [2.24, 2.45) is 0 Å². The highest BCUT2D eigenvalue weighted by Crippen LogP contribution is 2.42. The molecule has 0 N–H and O–H groups in total. The zero-order valence-electron chi connectivity index (χ0n) is 8.73. The summed E-state index contributed by atoms with van der Waals surface area (Å²) in [6.07, 6.45) is 1.10. The molecule has 3 heterocycles. The molecular formula is C12H12BrNOS. The Hall–Kier alpha value is -0.480. The van der Waals surface area contributed by atoms with E-state index in [0.29, 0.717) is 11.2 Å². The van der Waals surface area contributed by atoms with Gasteiger partial charge in [0.05, 0.1) is 5.25 Å². The highest BCUT2D eigenvalue weighted by molar-refractivity contribution is 9.10.